The van der Waals surface area contributed by atoms with Gasteiger partial charge in [-0.15, -0.1) is 0 Å². The van der Waals surface area contributed by atoms with Crippen LogP contribution in [0.15, 0.2) is 24.3 Å². The Hall–Kier alpha value is -1.88. The molecule has 0 saturated carbocycles. The lowest BCUT2D eigenvalue weighted by molar-refractivity contribution is -0.120. The molecule has 1 aliphatic heterocycles. The van der Waals surface area contributed by atoms with E-state index in [-0.39, 0.29) is 24.4 Å². The molecule has 0 unspecified atom stereocenters. The Morgan fingerprint density at radius 3 is 2.50 bits per heavy atom. The van der Waals surface area contributed by atoms with E-state index in [1.54, 1.807) is 17.0 Å². The fourth-order valence-electron chi connectivity index (χ4n) is 2.42. The quantitative estimate of drug-likeness (QED) is 0.848. The zero-order valence-electron chi connectivity index (χ0n) is 11.8. The topological polar surface area (TPSA) is 69.6 Å². The summed E-state index contributed by atoms with van der Waals surface area (Å²) in [4.78, 5) is 24.9. The van der Waals surface area contributed by atoms with Crippen molar-refractivity contribution in [3.8, 4) is 0 Å². The van der Waals surface area contributed by atoms with Crippen molar-refractivity contribution in [2.24, 2.45) is 0 Å². The van der Waals surface area contributed by atoms with E-state index in [2.05, 4.69) is 12.2 Å². The van der Waals surface area contributed by atoms with Crippen molar-refractivity contribution in [3.05, 3.63) is 35.4 Å². The van der Waals surface area contributed by atoms with Gasteiger partial charge in [0.1, 0.15) is 0 Å². The molecule has 0 aromatic heterocycles. The van der Waals surface area contributed by atoms with Crippen LogP contribution < -0.4 is 5.32 Å². The largest absolute Gasteiger partial charge is 0.389 e. The predicted molar refractivity (Wildman–Crippen MR) is 75.3 cm³/mol. The molecule has 0 radical (unpaired) electrons. The number of aliphatic hydroxyl groups excluding tert-OH is 1. The third-order valence-electron chi connectivity index (χ3n) is 3.57. The highest BCUT2D eigenvalue weighted by Gasteiger charge is 2.34. The van der Waals surface area contributed by atoms with Crippen molar-refractivity contribution in [2.75, 3.05) is 13.1 Å². The number of β-amino-alcohol motifs (C(OH)–C–C–N with tert-alkyl or cyclic N) is 1. The molecule has 0 spiro atoms. The predicted octanol–water partition coefficient (Wildman–Crippen LogP) is 0.570. The standard InChI is InChI=1S/C15H20N2O3/c1-3-11-4-6-12(7-5-11)15(20)17-8-13(14(19)9-17)16-10(2)18/h4-7,13-14,19H,3,8-9H2,1-2H3,(H,16,18)/t13-,14-/m1/s1. The van der Waals surface area contributed by atoms with Crippen LogP contribution in [0.1, 0.15) is 29.8 Å². The van der Waals surface area contributed by atoms with Gasteiger partial charge in [-0.05, 0) is 24.1 Å². The van der Waals surface area contributed by atoms with E-state index < -0.39 is 6.10 Å². The number of nitrogens with zero attached hydrogens (tertiary/aromatic N) is 1. The normalized spacial score (nSPS) is 21.9. The molecule has 1 heterocycles. The van der Waals surface area contributed by atoms with Crippen LogP contribution in [0, 0.1) is 0 Å². The summed E-state index contributed by atoms with van der Waals surface area (Å²) in [7, 11) is 0. The SMILES string of the molecule is CCc1ccc(C(=O)N2C[C@@H](O)[C@H](NC(C)=O)C2)cc1. The van der Waals surface area contributed by atoms with E-state index in [1.807, 2.05) is 12.1 Å². The summed E-state index contributed by atoms with van der Waals surface area (Å²) in [5.41, 5.74) is 1.79. The number of carbonyl (C=O) groups excluding carboxylic acids is 2. The molecule has 2 rings (SSSR count). The fourth-order valence-corrected chi connectivity index (χ4v) is 2.42. The molecular weight excluding hydrogens is 256 g/mol. The van der Waals surface area contributed by atoms with E-state index in [1.165, 1.54) is 12.5 Å². The summed E-state index contributed by atoms with van der Waals surface area (Å²) in [6, 6.07) is 7.10. The fraction of sp³-hybridized carbons (Fsp3) is 0.467. The maximum atomic E-state index is 12.3. The lowest BCUT2D eigenvalue weighted by Gasteiger charge is -2.16. The van der Waals surface area contributed by atoms with Gasteiger partial charge in [0.2, 0.25) is 5.91 Å². The molecule has 2 atom stereocenters. The average Bonchev–Trinajstić information content (AvgIpc) is 2.79. The van der Waals surface area contributed by atoms with E-state index in [0.717, 1.165) is 6.42 Å². The summed E-state index contributed by atoms with van der Waals surface area (Å²) in [5, 5.41) is 12.5. The minimum absolute atomic E-state index is 0.112. The Morgan fingerprint density at radius 1 is 1.30 bits per heavy atom. The van der Waals surface area contributed by atoms with E-state index in [4.69, 9.17) is 0 Å². The van der Waals surface area contributed by atoms with E-state index >= 15 is 0 Å². The molecule has 1 aromatic rings. The minimum Gasteiger partial charge on any atom is -0.389 e. The van der Waals surface area contributed by atoms with Gasteiger partial charge in [0.05, 0.1) is 12.1 Å². The van der Waals surface area contributed by atoms with Crippen molar-refractivity contribution in [3.63, 3.8) is 0 Å². The first-order valence-electron chi connectivity index (χ1n) is 6.84. The maximum Gasteiger partial charge on any atom is 0.254 e. The first-order chi connectivity index (χ1) is 9.51. The van der Waals surface area contributed by atoms with Crippen LogP contribution in [0.4, 0.5) is 0 Å². The number of amides is 2. The number of aryl methyl sites for hydroxylation is 1. The molecule has 2 N–H and O–H groups in total. The average molecular weight is 276 g/mol. The second-order valence-electron chi connectivity index (χ2n) is 5.13. The van der Waals surface area contributed by atoms with Crippen LogP contribution in [-0.4, -0.2) is 47.1 Å². The summed E-state index contributed by atoms with van der Waals surface area (Å²) >= 11 is 0. The van der Waals surface area contributed by atoms with Crippen molar-refractivity contribution in [1.29, 1.82) is 0 Å². The van der Waals surface area contributed by atoms with Gasteiger partial charge in [0.25, 0.3) is 5.91 Å². The van der Waals surface area contributed by atoms with Gasteiger partial charge in [0.15, 0.2) is 0 Å². The monoisotopic (exact) mass is 276 g/mol. The van der Waals surface area contributed by atoms with Gasteiger partial charge >= 0.3 is 0 Å². The first-order valence-corrected chi connectivity index (χ1v) is 6.84. The second-order valence-corrected chi connectivity index (χ2v) is 5.13. The Kier molecular flexibility index (Phi) is 4.39. The molecule has 2 amide bonds. The van der Waals surface area contributed by atoms with Crippen LogP contribution in [0.5, 0.6) is 0 Å². The first kappa shape index (κ1) is 14.5. The smallest absolute Gasteiger partial charge is 0.254 e. The number of benzene rings is 1. The summed E-state index contributed by atoms with van der Waals surface area (Å²) in [5.74, 6) is -0.310. The Labute approximate surface area is 118 Å². The molecule has 1 fully saturated rings. The highest BCUT2D eigenvalue weighted by atomic mass is 16.3. The third kappa shape index (κ3) is 3.17. The number of hydrogen-bond donors (Lipinski definition) is 2. The van der Waals surface area contributed by atoms with Gasteiger partial charge in [-0.3, -0.25) is 9.59 Å². The number of carbonyl (C=O) groups is 2. The second kappa shape index (κ2) is 6.05. The Morgan fingerprint density at radius 2 is 1.95 bits per heavy atom. The summed E-state index contributed by atoms with van der Waals surface area (Å²) in [6.45, 7) is 4.06. The molecule has 5 nitrogen and oxygen atoms in total. The van der Waals surface area contributed by atoms with Crippen molar-refractivity contribution >= 4 is 11.8 Å². The van der Waals surface area contributed by atoms with Crippen molar-refractivity contribution in [1.82, 2.24) is 10.2 Å². The van der Waals surface area contributed by atoms with Gasteiger partial charge in [-0.25, -0.2) is 0 Å². The Balaban J connectivity index is 2.04. The van der Waals surface area contributed by atoms with Crippen LogP contribution >= 0.6 is 0 Å². The highest BCUT2D eigenvalue weighted by molar-refractivity contribution is 5.94. The number of rotatable bonds is 3. The molecule has 20 heavy (non-hydrogen) atoms. The molecule has 1 aromatic carbocycles. The van der Waals surface area contributed by atoms with Crippen LogP contribution in [-0.2, 0) is 11.2 Å². The third-order valence-corrected chi connectivity index (χ3v) is 3.57. The van der Waals surface area contributed by atoms with Crippen LogP contribution in [0.2, 0.25) is 0 Å². The summed E-state index contributed by atoms with van der Waals surface area (Å²) in [6.07, 6.45) is 0.222. The van der Waals surface area contributed by atoms with Gasteiger partial charge < -0.3 is 15.3 Å². The van der Waals surface area contributed by atoms with E-state index in [0.29, 0.717) is 12.1 Å². The van der Waals surface area contributed by atoms with Gasteiger partial charge in [-0.2, -0.15) is 0 Å². The molecular formula is C15H20N2O3. The van der Waals surface area contributed by atoms with Gasteiger partial charge in [0, 0.05) is 25.6 Å². The lowest BCUT2D eigenvalue weighted by Crippen LogP contribution is -2.41. The molecule has 0 bridgehead atoms. The number of likely N-dealkylation sites (tertiary alicyclic amines) is 1. The number of nitrogens with one attached hydrogen (secondary N) is 1. The zero-order valence-corrected chi connectivity index (χ0v) is 11.8. The summed E-state index contributed by atoms with van der Waals surface area (Å²) < 4.78 is 0. The van der Waals surface area contributed by atoms with Crippen molar-refractivity contribution < 1.29 is 14.7 Å². The van der Waals surface area contributed by atoms with Crippen molar-refractivity contribution in [2.45, 2.75) is 32.4 Å². The van der Waals surface area contributed by atoms with Crippen LogP contribution in [0.3, 0.4) is 0 Å². The highest BCUT2D eigenvalue weighted by Crippen LogP contribution is 2.15. The Bertz CT molecular complexity index is 498. The molecule has 1 saturated heterocycles. The molecule has 5 heteroatoms. The number of aliphatic hydroxyl groups is 1. The molecule has 108 valence electrons. The minimum atomic E-state index is -0.710. The molecule has 0 aliphatic carbocycles. The van der Waals surface area contributed by atoms with E-state index in [9.17, 15) is 14.7 Å². The number of hydrogen-bond acceptors (Lipinski definition) is 3. The van der Waals surface area contributed by atoms with Crippen LogP contribution in [0.25, 0.3) is 0 Å². The zero-order chi connectivity index (χ0) is 14.7. The molecule has 1 aliphatic rings. The maximum absolute atomic E-state index is 12.3. The van der Waals surface area contributed by atoms with Gasteiger partial charge in [-0.1, -0.05) is 19.1 Å². The lowest BCUT2D eigenvalue weighted by atomic mass is 10.1.